The van der Waals surface area contributed by atoms with Crippen LogP contribution in [-0.4, -0.2) is 15.7 Å². The van der Waals surface area contributed by atoms with Gasteiger partial charge >= 0.3 is 0 Å². The highest BCUT2D eigenvalue weighted by Crippen LogP contribution is 2.25. The molecule has 0 amide bonds. The minimum atomic E-state index is 0.0668. The van der Waals surface area contributed by atoms with E-state index in [1.807, 2.05) is 11.8 Å². The molecule has 0 saturated carbocycles. The Hall–Kier alpha value is -0.420. The van der Waals surface area contributed by atoms with Crippen molar-refractivity contribution in [1.82, 2.24) is 9.97 Å². The lowest BCUT2D eigenvalue weighted by molar-refractivity contribution is 0.942. The van der Waals surface area contributed by atoms with Gasteiger partial charge in [0.25, 0.3) is 5.56 Å². The van der Waals surface area contributed by atoms with Crippen LogP contribution in [0, 0.1) is 0 Å². The smallest absolute Gasteiger partial charge is 0.255 e. The molecule has 0 saturated heterocycles. The fraction of sp³-hybridized carbons (Fsp3) is 0.600. The van der Waals surface area contributed by atoms with Crippen LogP contribution < -0.4 is 5.56 Å². The van der Waals surface area contributed by atoms with Crippen LogP contribution in [0.4, 0.5) is 0 Å². The Morgan fingerprint density at radius 3 is 3.20 bits per heavy atom. The molecule has 0 unspecified atom stereocenters. The maximum Gasteiger partial charge on any atom is 0.255 e. The summed E-state index contributed by atoms with van der Waals surface area (Å²) in [5, 5.41) is 0. The zero-order valence-electron chi connectivity index (χ0n) is 8.71. The van der Waals surface area contributed by atoms with Crippen LogP contribution in [0.1, 0.15) is 30.4 Å². The third-order valence-electron chi connectivity index (χ3n) is 2.22. The molecular formula is C10H14N2OS2. The molecular weight excluding hydrogens is 228 g/mol. The first-order chi connectivity index (χ1) is 7.31. The average molecular weight is 242 g/mol. The van der Waals surface area contributed by atoms with Gasteiger partial charge in [0.1, 0.15) is 5.82 Å². The first-order valence-corrected chi connectivity index (χ1v) is 7.38. The summed E-state index contributed by atoms with van der Waals surface area (Å²) in [6.45, 7) is 2.16. The number of thioether (sulfide) groups is 2. The Labute approximate surface area is 97.5 Å². The van der Waals surface area contributed by atoms with Crippen molar-refractivity contribution in [2.24, 2.45) is 0 Å². The first kappa shape index (κ1) is 11.1. The van der Waals surface area contributed by atoms with Gasteiger partial charge in [-0.05, 0) is 12.2 Å². The molecule has 2 rings (SSSR count). The molecule has 1 aliphatic rings. The van der Waals surface area contributed by atoms with Gasteiger partial charge in [0.2, 0.25) is 0 Å². The third kappa shape index (κ3) is 2.58. The van der Waals surface area contributed by atoms with Gasteiger partial charge in [-0.3, -0.25) is 4.79 Å². The summed E-state index contributed by atoms with van der Waals surface area (Å²) < 4.78 is 0. The van der Waals surface area contributed by atoms with Gasteiger partial charge in [-0.2, -0.15) is 23.5 Å². The van der Waals surface area contributed by atoms with E-state index in [2.05, 4.69) is 16.9 Å². The van der Waals surface area contributed by atoms with Gasteiger partial charge in [0, 0.05) is 17.1 Å². The number of nitrogens with one attached hydrogen (secondary N) is 1. The van der Waals surface area contributed by atoms with Gasteiger partial charge in [-0.1, -0.05) is 6.92 Å². The van der Waals surface area contributed by atoms with Crippen LogP contribution in [-0.2, 0) is 17.3 Å². The van der Waals surface area contributed by atoms with E-state index >= 15 is 0 Å². The van der Waals surface area contributed by atoms with E-state index in [9.17, 15) is 4.79 Å². The minimum absolute atomic E-state index is 0.0668. The Morgan fingerprint density at radius 2 is 2.40 bits per heavy atom. The highest BCUT2D eigenvalue weighted by atomic mass is 32.2. The van der Waals surface area contributed by atoms with Crippen LogP contribution in [0.15, 0.2) is 4.79 Å². The van der Waals surface area contributed by atoms with E-state index < -0.39 is 0 Å². The zero-order valence-corrected chi connectivity index (χ0v) is 10.3. The number of H-pyrrole nitrogens is 1. The summed E-state index contributed by atoms with van der Waals surface area (Å²) in [6, 6.07) is 0. The summed E-state index contributed by atoms with van der Waals surface area (Å²) in [4.78, 5) is 19.0. The number of fused-ring (bicyclic) bond motifs is 1. The molecule has 1 aliphatic heterocycles. The predicted octanol–water partition coefficient (Wildman–Crippen LogP) is 2.16. The molecule has 0 atom stereocenters. The molecule has 3 nitrogen and oxygen atoms in total. The SMILES string of the molecule is CCCSCc1nc2c(c(=O)[nH]1)CSC2. The van der Waals surface area contributed by atoms with Crippen molar-refractivity contribution in [2.45, 2.75) is 30.6 Å². The first-order valence-electron chi connectivity index (χ1n) is 5.07. The molecule has 5 heteroatoms. The Morgan fingerprint density at radius 1 is 1.53 bits per heavy atom. The summed E-state index contributed by atoms with van der Waals surface area (Å²) in [5.41, 5.74) is 1.94. The molecule has 1 aromatic rings. The van der Waals surface area contributed by atoms with Crippen molar-refractivity contribution in [2.75, 3.05) is 5.75 Å². The molecule has 0 fully saturated rings. The summed E-state index contributed by atoms with van der Waals surface area (Å²) in [6.07, 6.45) is 1.16. The lowest BCUT2D eigenvalue weighted by Gasteiger charge is -2.02. The zero-order chi connectivity index (χ0) is 10.7. The predicted molar refractivity (Wildman–Crippen MR) is 66.3 cm³/mol. The Balaban J connectivity index is 2.13. The molecule has 0 bridgehead atoms. The summed E-state index contributed by atoms with van der Waals surface area (Å²) in [7, 11) is 0. The van der Waals surface area contributed by atoms with Crippen molar-refractivity contribution in [1.29, 1.82) is 0 Å². The molecule has 2 heterocycles. The number of rotatable bonds is 4. The van der Waals surface area contributed by atoms with Gasteiger partial charge < -0.3 is 4.98 Å². The van der Waals surface area contributed by atoms with Gasteiger partial charge in [-0.15, -0.1) is 0 Å². The number of aromatic nitrogens is 2. The normalized spacial score (nSPS) is 14.2. The highest BCUT2D eigenvalue weighted by molar-refractivity contribution is 7.98. The molecule has 82 valence electrons. The van der Waals surface area contributed by atoms with Gasteiger partial charge in [0.05, 0.1) is 11.4 Å². The number of nitrogens with zero attached hydrogens (tertiary/aromatic N) is 1. The van der Waals surface area contributed by atoms with Gasteiger partial charge in [-0.25, -0.2) is 4.98 Å². The lowest BCUT2D eigenvalue weighted by atomic mass is 10.3. The molecule has 0 aromatic carbocycles. The fourth-order valence-electron chi connectivity index (χ4n) is 1.50. The van der Waals surface area contributed by atoms with Crippen LogP contribution in [0.2, 0.25) is 0 Å². The topological polar surface area (TPSA) is 45.8 Å². The van der Waals surface area contributed by atoms with Gasteiger partial charge in [0.15, 0.2) is 0 Å². The molecule has 0 aliphatic carbocycles. The summed E-state index contributed by atoms with van der Waals surface area (Å²) >= 11 is 3.59. The number of aromatic amines is 1. The van der Waals surface area contributed by atoms with Crippen LogP contribution >= 0.6 is 23.5 Å². The van der Waals surface area contributed by atoms with Crippen molar-refractivity contribution in [3.63, 3.8) is 0 Å². The van der Waals surface area contributed by atoms with E-state index in [0.29, 0.717) is 0 Å². The standard InChI is InChI=1S/C10H14N2OS2/c1-2-3-14-6-9-11-8-5-15-4-7(8)10(13)12-9/h2-6H2,1H3,(H,11,12,13). The molecule has 1 aromatic heterocycles. The van der Waals surface area contributed by atoms with Crippen LogP contribution in [0.3, 0.4) is 0 Å². The third-order valence-corrected chi connectivity index (χ3v) is 4.37. The molecule has 0 spiro atoms. The Kier molecular flexibility index (Phi) is 3.75. The van der Waals surface area contributed by atoms with E-state index in [1.54, 1.807) is 11.8 Å². The van der Waals surface area contributed by atoms with E-state index in [4.69, 9.17) is 0 Å². The molecule has 1 N–H and O–H groups in total. The lowest BCUT2D eigenvalue weighted by Crippen LogP contribution is -2.16. The average Bonchev–Trinajstić information content (AvgIpc) is 2.66. The van der Waals surface area contributed by atoms with Crippen molar-refractivity contribution in [3.05, 3.63) is 27.4 Å². The second-order valence-electron chi connectivity index (χ2n) is 3.48. The minimum Gasteiger partial charge on any atom is -0.310 e. The second-order valence-corrected chi connectivity index (χ2v) is 5.57. The highest BCUT2D eigenvalue weighted by Gasteiger charge is 2.17. The van der Waals surface area contributed by atoms with Crippen molar-refractivity contribution in [3.8, 4) is 0 Å². The van der Waals surface area contributed by atoms with E-state index in [0.717, 1.165) is 46.5 Å². The second kappa shape index (κ2) is 5.07. The largest absolute Gasteiger partial charge is 0.310 e. The maximum atomic E-state index is 11.6. The van der Waals surface area contributed by atoms with Crippen LogP contribution in [0.25, 0.3) is 0 Å². The van der Waals surface area contributed by atoms with E-state index in [-0.39, 0.29) is 5.56 Å². The van der Waals surface area contributed by atoms with Crippen molar-refractivity contribution < 1.29 is 0 Å². The van der Waals surface area contributed by atoms with Crippen molar-refractivity contribution >= 4 is 23.5 Å². The number of hydrogen-bond donors (Lipinski definition) is 1. The molecule has 0 radical (unpaired) electrons. The molecule has 15 heavy (non-hydrogen) atoms. The summed E-state index contributed by atoms with van der Waals surface area (Å²) in [5.74, 6) is 4.49. The maximum absolute atomic E-state index is 11.6. The monoisotopic (exact) mass is 242 g/mol. The Bertz CT molecular complexity index is 403. The quantitative estimate of drug-likeness (QED) is 0.822. The fourth-order valence-corrected chi connectivity index (χ4v) is 3.29. The number of hydrogen-bond acceptors (Lipinski definition) is 4. The van der Waals surface area contributed by atoms with E-state index in [1.165, 1.54) is 0 Å². The van der Waals surface area contributed by atoms with Crippen LogP contribution in [0.5, 0.6) is 0 Å².